The zero-order valence-electron chi connectivity index (χ0n) is 23.9. The molecule has 4 aliphatic rings. The van der Waals surface area contributed by atoms with Gasteiger partial charge >= 0.3 is 0 Å². The Bertz CT molecular complexity index is 1410. The minimum Gasteiger partial charge on any atom is -0.357 e. The summed E-state index contributed by atoms with van der Waals surface area (Å²) in [7, 11) is 0. The number of allylic oxidation sites excluding steroid dienone is 1. The summed E-state index contributed by atoms with van der Waals surface area (Å²) in [5.74, 6) is 1.94. The van der Waals surface area contributed by atoms with Crippen LogP contribution in [0, 0.1) is 34.9 Å². The van der Waals surface area contributed by atoms with E-state index in [1.54, 1.807) is 24.8 Å². The van der Waals surface area contributed by atoms with Gasteiger partial charge < -0.3 is 5.32 Å². The Hall–Kier alpha value is -3.87. The molecule has 4 fully saturated rings. The summed E-state index contributed by atoms with van der Waals surface area (Å²) in [4.78, 5) is 38.2. The van der Waals surface area contributed by atoms with Crippen LogP contribution >= 0.6 is 0 Å². The van der Waals surface area contributed by atoms with E-state index in [1.807, 2.05) is 29.2 Å². The summed E-state index contributed by atoms with van der Waals surface area (Å²) in [6.45, 7) is 7.65. The van der Waals surface area contributed by atoms with E-state index in [0.717, 1.165) is 17.5 Å². The molecule has 3 heterocycles. The lowest BCUT2D eigenvalue weighted by atomic mass is 9.43. The van der Waals surface area contributed by atoms with E-state index >= 15 is 0 Å². The maximum atomic E-state index is 14.6. The summed E-state index contributed by atoms with van der Waals surface area (Å²) < 4.78 is 13.6. The van der Waals surface area contributed by atoms with Crippen LogP contribution in [0.3, 0.4) is 0 Å². The first-order valence-electron chi connectivity index (χ1n) is 14.6. The number of pyridine rings is 2. The van der Waals surface area contributed by atoms with Gasteiger partial charge in [0, 0.05) is 55.8 Å². The molecular formula is C34H37FN4O2. The summed E-state index contributed by atoms with van der Waals surface area (Å²) in [5, 5.41) is 3.56. The molecule has 1 amide bonds. The number of hydrogen-bond acceptors (Lipinski definition) is 5. The first kappa shape index (κ1) is 27.3. The summed E-state index contributed by atoms with van der Waals surface area (Å²) >= 11 is 0. The number of fused-ring (bicyclic) bond motifs is 2. The number of ketones is 1. The van der Waals surface area contributed by atoms with Crippen molar-refractivity contribution in [1.82, 2.24) is 20.2 Å². The Morgan fingerprint density at radius 3 is 2.10 bits per heavy atom. The third-order valence-corrected chi connectivity index (χ3v) is 10.1. The number of amides is 1. The van der Waals surface area contributed by atoms with E-state index in [2.05, 4.69) is 36.1 Å². The zero-order chi connectivity index (χ0) is 28.8. The maximum Gasteiger partial charge on any atom is 0.254 e. The van der Waals surface area contributed by atoms with Crippen molar-refractivity contribution in [2.24, 2.45) is 29.1 Å². The lowest BCUT2D eigenvalue weighted by Gasteiger charge is -2.62. The fourth-order valence-corrected chi connectivity index (χ4v) is 7.58. The third kappa shape index (κ3) is 5.07. The molecule has 1 aliphatic heterocycles. The number of nitrogens with zero attached hydrogens (tertiary/aromatic N) is 3. The van der Waals surface area contributed by atoms with Crippen LogP contribution in [0.1, 0.15) is 55.1 Å². The molecule has 3 saturated carbocycles. The van der Waals surface area contributed by atoms with Gasteiger partial charge in [-0.1, -0.05) is 20.8 Å². The Morgan fingerprint density at radius 2 is 1.56 bits per heavy atom. The van der Waals surface area contributed by atoms with E-state index in [4.69, 9.17) is 0 Å². The molecule has 3 aromatic rings. The molecule has 0 spiro atoms. The van der Waals surface area contributed by atoms with Crippen molar-refractivity contribution in [1.29, 1.82) is 0 Å². The molecule has 1 saturated heterocycles. The molecule has 6 nitrogen and oxygen atoms in total. The van der Waals surface area contributed by atoms with Crippen LogP contribution in [-0.2, 0) is 17.6 Å². The molecule has 3 aliphatic carbocycles. The average Bonchev–Trinajstić information content (AvgIpc) is 3.20. The number of aromatic nitrogens is 2. The largest absolute Gasteiger partial charge is 0.357 e. The highest BCUT2D eigenvalue weighted by Crippen LogP contribution is 2.63. The molecule has 2 aromatic heterocycles. The molecule has 1 aromatic carbocycles. The quantitative estimate of drug-likeness (QED) is 0.290. The van der Waals surface area contributed by atoms with Gasteiger partial charge in [0.15, 0.2) is 5.78 Å². The minimum absolute atomic E-state index is 0.0324. The van der Waals surface area contributed by atoms with Gasteiger partial charge in [-0.05, 0) is 102 Å². The van der Waals surface area contributed by atoms with Crippen LogP contribution in [0.15, 0.2) is 85.2 Å². The van der Waals surface area contributed by atoms with Gasteiger partial charge in [-0.25, -0.2) is 4.39 Å². The highest BCUT2D eigenvalue weighted by molar-refractivity contribution is 6.06. The topological polar surface area (TPSA) is 75.2 Å². The molecule has 0 radical (unpaired) electrons. The van der Waals surface area contributed by atoms with E-state index in [1.165, 1.54) is 36.8 Å². The normalized spacial score (nSPS) is 26.9. The van der Waals surface area contributed by atoms with Crippen molar-refractivity contribution in [3.05, 3.63) is 108 Å². The monoisotopic (exact) mass is 552 g/mol. The molecule has 7 rings (SSSR count). The number of rotatable bonds is 8. The van der Waals surface area contributed by atoms with E-state index < -0.39 is 11.4 Å². The molecule has 7 heteroatoms. The van der Waals surface area contributed by atoms with Crippen LogP contribution < -0.4 is 5.32 Å². The number of benzene rings is 1. The molecule has 4 atom stereocenters. The number of nitrogens with one attached hydrogen (secondary N) is 1. The Balaban J connectivity index is 1.38. The molecular weight excluding hydrogens is 515 g/mol. The Labute approximate surface area is 241 Å². The third-order valence-electron chi connectivity index (χ3n) is 10.1. The maximum absolute atomic E-state index is 14.6. The summed E-state index contributed by atoms with van der Waals surface area (Å²) in [6.07, 6.45) is 11.7. The average molecular weight is 553 g/mol. The predicted octanol–water partition coefficient (Wildman–Crippen LogP) is 5.61. The first-order chi connectivity index (χ1) is 19.7. The minimum atomic E-state index is -0.988. The lowest BCUT2D eigenvalue weighted by Crippen LogP contribution is -2.57. The standard InChI is InChI=1S/C34H37FN4O2/c1-22-26(16-27-17-29(22)33(27,2)3)21-39-31(18-30(40)25-4-6-28(35)7-5-25)38-34(32(39)41,19-23-8-12-36-13-9-23)20-24-10-14-37-15-11-24/h4-15,18,22,26-27,29,38H,16-17,19-21H2,1-3H3/b31-18-. The van der Waals surface area contributed by atoms with Crippen LogP contribution in [0.5, 0.6) is 0 Å². The predicted molar refractivity (Wildman–Crippen MR) is 155 cm³/mol. The van der Waals surface area contributed by atoms with E-state index in [0.29, 0.717) is 59.9 Å². The van der Waals surface area contributed by atoms with Crippen molar-refractivity contribution in [2.75, 3.05) is 6.54 Å². The van der Waals surface area contributed by atoms with Crippen molar-refractivity contribution >= 4 is 11.7 Å². The van der Waals surface area contributed by atoms with Crippen LogP contribution in [0.25, 0.3) is 0 Å². The second kappa shape index (κ2) is 10.5. The van der Waals surface area contributed by atoms with Gasteiger partial charge in [0.25, 0.3) is 5.91 Å². The summed E-state index contributed by atoms with van der Waals surface area (Å²) in [5.41, 5.74) is 1.69. The second-order valence-electron chi connectivity index (χ2n) is 12.8. The van der Waals surface area contributed by atoms with Crippen molar-refractivity contribution in [3.8, 4) is 0 Å². The number of carbonyl (C=O) groups excluding carboxylic acids is 2. The van der Waals surface area contributed by atoms with E-state index in [-0.39, 0.29) is 11.7 Å². The van der Waals surface area contributed by atoms with E-state index in [9.17, 15) is 14.0 Å². The fourth-order valence-electron chi connectivity index (χ4n) is 7.58. The zero-order valence-corrected chi connectivity index (χ0v) is 23.9. The summed E-state index contributed by atoms with van der Waals surface area (Å²) in [6, 6.07) is 13.2. The van der Waals surface area contributed by atoms with Gasteiger partial charge in [0.2, 0.25) is 0 Å². The molecule has 2 bridgehead atoms. The van der Waals surface area contributed by atoms with Crippen molar-refractivity contribution < 1.29 is 14.0 Å². The molecule has 212 valence electrons. The number of hydrogen-bond donors (Lipinski definition) is 1. The first-order valence-corrected chi connectivity index (χ1v) is 14.6. The Kier molecular flexibility index (Phi) is 7.00. The van der Waals surface area contributed by atoms with Gasteiger partial charge in [-0.15, -0.1) is 0 Å². The van der Waals surface area contributed by atoms with Gasteiger partial charge in [0.1, 0.15) is 17.2 Å². The lowest BCUT2D eigenvalue weighted by molar-refractivity contribution is -0.142. The second-order valence-corrected chi connectivity index (χ2v) is 12.8. The molecule has 1 N–H and O–H groups in total. The molecule has 41 heavy (non-hydrogen) atoms. The van der Waals surface area contributed by atoms with Crippen LogP contribution in [0.2, 0.25) is 0 Å². The smallest absolute Gasteiger partial charge is 0.254 e. The molecule has 4 unspecified atom stereocenters. The highest BCUT2D eigenvalue weighted by atomic mass is 19.1. The highest BCUT2D eigenvalue weighted by Gasteiger charge is 2.57. The van der Waals surface area contributed by atoms with Crippen LogP contribution in [0.4, 0.5) is 4.39 Å². The van der Waals surface area contributed by atoms with Gasteiger partial charge in [-0.3, -0.25) is 24.5 Å². The van der Waals surface area contributed by atoms with Crippen LogP contribution in [-0.4, -0.2) is 38.6 Å². The fraction of sp³-hybridized carbons (Fsp3) is 0.412. The van der Waals surface area contributed by atoms with Crippen molar-refractivity contribution in [2.45, 2.75) is 52.0 Å². The van der Waals surface area contributed by atoms with Crippen molar-refractivity contribution in [3.63, 3.8) is 0 Å². The SMILES string of the molecule is CC1C(CN2C(=O)C(Cc3ccncc3)(Cc3ccncc3)N/C2=C/C(=O)c2ccc(F)cc2)CC2CC1C2(C)C. The van der Waals surface area contributed by atoms with Gasteiger partial charge in [-0.2, -0.15) is 0 Å². The van der Waals surface area contributed by atoms with Gasteiger partial charge in [0.05, 0.1) is 0 Å². The Morgan fingerprint density at radius 1 is 0.976 bits per heavy atom. The number of carbonyl (C=O) groups is 2. The number of halogens is 1.